The smallest absolute Gasteiger partial charge is 0.257 e. The van der Waals surface area contributed by atoms with Crippen LogP contribution in [0.3, 0.4) is 0 Å². The van der Waals surface area contributed by atoms with Gasteiger partial charge in [0.1, 0.15) is 5.57 Å². The Hall–Kier alpha value is -3.21. The number of carbonyl (C=O) groups excluding carboxylic acids is 4. The van der Waals surface area contributed by atoms with E-state index in [-0.39, 0.29) is 30.8 Å². The molecule has 4 atom stereocenters. The normalized spacial score (nSPS) is 29.5. The summed E-state index contributed by atoms with van der Waals surface area (Å²) in [6.07, 6.45) is 3.05. The van der Waals surface area contributed by atoms with Crippen molar-refractivity contribution < 1.29 is 32.7 Å². The van der Waals surface area contributed by atoms with Gasteiger partial charge in [-0.15, -0.1) is 0 Å². The molecule has 0 radical (unpaired) electrons. The third-order valence-corrected chi connectivity index (χ3v) is 6.18. The van der Waals surface area contributed by atoms with Crippen molar-refractivity contribution >= 4 is 23.4 Å². The van der Waals surface area contributed by atoms with E-state index in [9.17, 15) is 28.0 Å². The van der Waals surface area contributed by atoms with Crippen molar-refractivity contribution in [2.75, 3.05) is 6.54 Å². The highest BCUT2D eigenvalue weighted by Crippen LogP contribution is 2.38. The molecule has 1 saturated carbocycles. The molecule has 0 spiro atoms. The van der Waals surface area contributed by atoms with Crippen molar-refractivity contribution in [2.24, 2.45) is 0 Å². The lowest BCUT2D eigenvalue weighted by atomic mass is 9.92. The average molecular weight is 432 g/mol. The quantitative estimate of drug-likeness (QED) is 0.305. The standard InChI is InChI=1S/C20H18F2N4O5/c21-13-4-1-9(18(22)24-13)6-23-19(29)12-7-25-8-14-26(10-2-3-11(5-10)31-14)20(30)15(25)17(28)16(12)27/h1,4,7,10-11,14-15H,2-3,5-6,8H2,(H,23,29)/t10-,11+,14+,15?/m0/s1. The van der Waals surface area contributed by atoms with Crippen LogP contribution in [-0.4, -0.2) is 69.1 Å². The van der Waals surface area contributed by atoms with E-state index in [1.165, 1.54) is 11.1 Å². The Labute approximate surface area is 175 Å². The zero-order valence-electron chi connectivity index (χ0n) is 16.2. The van der Waals surface area contributed by atoms with Crippen LogP contribution in [-0.2, 0) is 30.5 Å². The van der Waals surface area contributed by atoms with Gasteiger partial charge in [-0.1, -0.05) is 0 Å². The van der Waals surface area contributed by atoms with Crippen molar-refractivity contribution in [1.29, 1.82) is 0 Å². The predicted molar refractivity (Wildman–Crippen MR) is 97.7 cm³/mol. The van der Waals surface area contributed by atoms with Crippen LogP contribution in [0.25, 0.3) is 0 Å². The van der Waals surface area contributed by atoms with Gasteiger partial charge in [0.2, 0.25) is 23.5 Å². The second-order valence-corrected chi connectivity index (χ2v) is 8.03. The number of ketones is 2. The monoisotopic (exact) mass is 432 g/mol. The lowest BCUT2D eigenvalue weighted by Gasteiger charge is -2.49. The number of aromatic nitrogens is 1. The average Bonchev–Trinajstić information content (AvgIpc) is 3.10. The fraction of sp³-hybridized carbons (Fsp3) is 0.450. The molecular weight excluding hydrogens is 414 g/mol. The number of rotatable bonds is 3. The SMILES string of the molecule is O=C(NCc1ccc(F)nc1F)C1=CN2C[C@H]3O[C@@H]4CC[C@@H](C4)N3C(=O)C2C(=O)C1=O. The Morgan fingerprint density at radius 2 is 2.03 bits per heavy atom. The first-order valence-corrected chi connectivity index (χ1v) is 9.96. The van der Waals surface area contributed by atoms with Crippen LogP contribution in [0.5, 0.6) is 0 Å². The summed E-state index contributed by atoms with van der Waals surface area (Å²) in [5.41, 5.74) is -0.533. The molecule has 9 nitrogen and oxygen atoms in total. The fourth-order valence-electron chi connectivity index (χ4n) is 4.71. The zero-order valence-corrected chi connectivity index (χ0v) is 16.2. The molecule has 0 aromatic carbocycles. The molecule has 2 bridgehead atoms. The molecule has 1 aromatic rings. The summed E-state index contributed by atoms with van der Waals surface area (Å²) in [6, 6.07) is 0.739. The summed E-state index contributed by atoms with van der Waals surface area (Å²) in [5.74, 6) is -5.55. The molecule has 162 valence electrons. The van der Waals surface area contributed by atoms with Gasteiger partial charge in [0.25, 0.3) is 11.8 Å². The minimum absolute atomic E-state index is 0.00538. The Morgan fingerprint density at radius 1 is 1.23 bits per heavy atom. The molecule has 2 saturated heterocycles. The van der Waals surface area contributed by atoms with E-state index in [4.69, 9.17) is 4.74 Å². The summed E-state index contributed by atoms with van der Waals surface area (Å²) in [7, 11) is 0. The van der Waals surface area contributed by atoms with Gasteiger partial charge in [-0.25, -0.2) is 0 Å². The van der Waals surface area contributed by atoms with Crippen LogP contribution < -0.4 is 5.32 Å². The molecule has 4 heterocycles. The first-order chi connectivity index (χ1) is 14.8. The van der Waals surface area contributed by atoms with Gasteiger partial charge in [0, 0.05) is 24.4 Å². The van der Waals surface area contributed by atoms with Gasteiger partial charge in [0.05, 0.1) is 12.6 Å². The number of Topliss-reactive ketones (excluding diaryl/α,β-unsaturated/α-hetero) is 2. The Balaban J connectivity index is 1.36. The number of halogens is 2. The number of amides is 2. The molecule has 3 fully saturated rings. The number of nitrogens with one attached hydrogen (secondary N) is 1. The first kappa shape index (κ1) is 19.7. The second-order valence-electron chi connectivity index (χ2n) is 8.03. The van der Waals surface area contributed by atoms with Crippen molar-refractivity contribution in [2.45, 2.75) is 50.2 Å². The third kappa shape index (κ3) is 3.19. The van der Waals surface area contributed by atoms with Gasteiger partial charge in [0.15, 0.2) is 12.3 Å². The first-order valence-electron chi connectivity index (χ1n) is 9.96. The molecule has 3 aliphatic heterocycles. The summed E-state index contributed by atoms with van der Waals surface area (Å²) in [5, 5.41) is 2.33. The minimum Gasteiger partial charge on any atom is -0.354 e. The van der Waals surface area contributed by atoms with Crippen LogP contribution in [0.4, 0.5) is 8.78 Å². The highest BCUT2D eigenvalue weighted by atomic mass is 19.1. The predicted octanol–water partition coefficient (Wildman–Crippen LogP) is -0.198. The van der Waals surface area contributed by atoms with Crippen LogP contribution in [0.15, 0.2) is 23.9 Å². The molecule has 11 heteroatoms. The summed E-state index contributed by atoms with van der Waals surface area (Å²) in [6.45, 7) is -0.197. The van der Waals surface area contributed by atoms with Gasteiger partial charge in [-0.3, -0.25) is 19.2 Å². The lowest BCUT2D eigenvalue weighted by molar-refractivity contribution is -0.191. The molecule has 1 aromatic heterocycles. The number of nitrogens with zero attached hydrogens (tertiary/aromatic N) is 3. The van der Waals surface area contributed by atoms with E-state index in [0.717, 1.165) is 31.4 Å². The van der Waals surface area contributed by atoms with Crippen LogP contribution >= 0.6 is 0 Å². The Morgan fingerprint density at radius 3 is 2.81 bits per heavy atom. The van der Waals surface area contributed by atoms with E-state index >= 15 is 0 Å². The Kier molecular flexibility index (Phi) is 4.58. The molecule has 1 aliphatic carbocycles. The highest BCUT2D eigenvalue weighted by molar-refractivity contribution is 6.53. The molecule has 2 amide bonds. The van der Waals surface area contributed by atoms with Crippen molar-refractivity contribution in [3.63, 3.8) is 0 Å². The van der Waals surface area contributed by atoms with Gasteiger partial charge in [-0.2, -0.15) is 13.8 Å². The number of hydrogen-bond donors (Lipinski definition) is 1. The maximum absolute atomic E-state index is 13.7. The van der Waals surface area contributed by atoms with Crippen molar-refractivity contribution in [1.82, 2.24) is 20.1 Å². The van der Waals surface area contributed by atoms with Crippen molar-refractivity contribution in [3.05, 3.63) is 41.4 Å². The van der Waals surface area contributed by atoms with E-state index in [1.807, 2.05) is 0 Å². The number of pyridine rings is 1. The fourth-order valence-corrected chi connectivity index (χ4v) is 4.71. The number of ether oxygens (including phenoxy) is 1. The zero-order chi connectivity index (χ0) is 21.9. The van der Waals surface area contributed by atoms with Crippen LogP contribution in [0.1, 0.15) is 24.8 Å². The van der Waals surface area contributed by atoms with Crippen LogP contribution in [0.2, 0.25) is 0 Å². The molecule has 5 rings (SSSR count). The molecule has 1 N–H and O–H groups in total. The summed E-state index contributed by atoms with van der Waals surface area (Å²) in [4.78, 5) is 56.8. The van der Waals surface area contributed by atoms with Gasteiger partial charge in [-0.05, 0) is 31.4 Å². The van der Waals surface area contributed by atoms with E-state index in [2.05, 4.69) is 10.3 Å². The topological polar surface area (TPSA) is 109 Å². The summed E-state index contributed by atoms with van der Waals surface area (Å²) < 4.78 is 32.5. The largest absolute Gasteiger partial charge is 0.354 e. The number of piperazine rings is 1. The number of carbonyl (C=O) groups is 4. The summed E-state index contributed by atoms with van der Waals surface area (Å²) >= 11 is 0. The van der Waals surface area contributed by atoms with Crippen molar-refractivity contribution in [3.8, 4) is 0 Å². The molecule has 1 unspecified atom stereocenters. The van der Waals surface area contributed by atoms with Gasteiger partial charge >= 0.3 is 0 Å². The maximum Gasteiger partial charge on any atom is 0.257 e. The molecular formula is C20H18F2N4O5. The number of hydrogen-bond acceptors (Lipinski definition) is 7. The maximum atomic E-state index is 13.7. The second kappa shape index (κ2) is 7.19. The highest BCUT2D eigenvalue weighted by Gasteiger charge is 2.54. The van der Waals surface area contributed by atoms with Gasteiger partial charge < -0.3 is 19.9 Å². The molecule has 31 heavy (non-hydrogen) atoms. The van der Waals surface area contributed by atoms with E-state index in [0.29, 0.717) is 0 Å². The van der Waals surface area contributed by atoms with Crippen LogP contribution in [0, 0.1) is 11.9 Å². The molecule has 4 aliphatic rings. The van der Waals surface area contributed by atoms with E-state index < -0.39 is 53.1 Å². The Bertz CT molecular complexity index is 1040. The third-order valence-electron chi connectivity index (χ3n) is 6.18. The minimum atomic E-state index is -1.31. The number of fused-ring (bicyclic) bond motifs is 5. The lowest BCUT2D eigenvalue weighted by Crippen LogP contribution is -2.69. The van der Waals surface area contributed by atoms with E-state index in [1.54, 1.807) is 4.90 Å².